The fourth-order valence-electron chi connectivity index (χ4n) is 2.58. The van der Waals surface area contributed by atoms with E-state index in [9.17, 15) is 0 Å². The molecule has 0 saturated heterocycles. The first-order valence-corrected chi connectivity index (χ1v) is 13.2. The van der Waals surface area contributed by atoms with Crippen molar-refractivity contribution in [3.63, 3.8) is 0 Å². The van der Waals surface area contributed by atoms with Crippen molar-refractivity contribution in [3.05, 3.63) is 65.7 Å². The molecule has 0 radical (unpaired) electrons. The van der Waals surface area contributed by atoms with Crippen LogP contribution in [0, 0.1) is 6.92 Å². The van der Waals surface area contributed by atoms with Gasteiger partial charge < -0.3 is 0 Å². The van der Waals surface area contributed by atoms with E-state index in [-0.39, 0.29) is 0 Å². The Hall–Kier alpha value is -0.487. The summed E-state index contributed by atoms with van der Waals surface area (Å²) in [4.78, 5) is 0. The minimum atomic E-state index is -0.826. The van der Waals surface area contributed by atoms with Crippen molar-refractivity contribution >= 4 is 27.8 Å². The van der Waals surface area contributed by atoms with Crippen LogP contribution in [-0.4, -0.2) is 0 Å². The molecular weight excluding hydrogens is 378 g/mol. The van der Waals surface area contributed by atoms with Gasteiger partial charge in [-0.05, 0) is 12.0 Å². The SMILES string of the molecule is CCc1cc2c(-c3ccccc3)ccc(C)c2[cH-]1.[Cl][Zr][Cl]. The van der Waals surface area contributed by atoms with E-state index in [2.05, 4.69) is 68.4 Å². The number of benzene rings is 2. The van der Waals surface area contributed by atoms with E-state index in [0.29, 0.717) is 0 Å². The molecule has 0 aliphatic heterocycles. The zero-order valence-electron chi connectivity index (χ0n) is 12.2. The minimum absolute atomic E-state index is 0.826. The predicted molar refractivity (Wildman–Crippen MR) is 90.8 cm³/mol. The summed E-state index contributed by atoms with van der Waals surface area (Å²) in [5.74, 6) is 0. The molecule has 0 bridgehead atoms. The molecule has 0 nitrogen and oxygen atoms in total. The Morgan fingerprint density at radius 1 is 1.05 bits per heavy atom. The van der Waals surface area contributed by atoms with Gasteiger partial charge in [0.2, 0.25) is 0 Å². The van der Waals surface area contributed by atoms with Crippen molar-refractivity contribution in [1.29, 1.82) is 0 Å². The van der Waals surface area contributed by atoms with Gasteiger partial charge in [-0.3, -0.25) is 0 Å². The van der Waals surface area contributed by atoms with Crippen molar-refractivity contribution in [3.8, 4) is 11.1 Å². The zero-order chi connectivity index (χ0) is 15.2. The van der Waals surface area contributed by atoms with Gasteiger partial charge in [-0.25, -0.2) is 0 Å². The molecule has 0 fully saturated rings. The monoisotopic (exact) mass is 393 g/mol. The number of rotatable bonds is 2. The summed E-state index contributed by atoms with van der Waals surface area (Å²) in [6, 6.07) is 19.8. The van der Waals surface area contributed by atoms with Crippen LogP contribution in [0.15, 0.2) is 54.6 Å². The van der Waals surface area contributed by atoms with Crippen LogP contribution in [0.25, 0.3) is 21.9 Å². The summed E-state index contributed by atoms with van der Waals surface area (Å²) in [5.41, 5.74) is 5.44. The normalized spacial score (nSPS) is 10.1. The Balaban J connectivity index is 0.000000497. The van der Waals surface area contributed by atoms with E-state index in [0.717, 1.165) is 6.42 Å². The topological polar surface area (TPSA) is 0 Å². The molecule has 3 aromatic rings. The van der Waals surface area contributed by atoms with Crippen molar-refractivity contribution in [2.45, 2.75) is 20.3 Å². The summed E-state index contributed by atoms with van der Waals surface area (Å²) in [6.45, 7) is 4.41. The first-order chi connectivity index (χ1) is 10.2. The average Bonchev–Trinajstić information content (AvgIpc) is 2.94. The fraction of sp³-hybridized carbons (Fsp3) is 0.167. The average molecular weight is 395 g/mol. The molecule has 3 aromatic carbocycles. The summed E-state index contributed by atoms with van der Waals surface area (Å²) in [6.07, 6.45) is 1.10. The molecule has 0 atom stereocenters. The predicted octanol–water partition coefficient (Wildman–Crippen LogP) is 6.47. The molecule has 0 N–H and O–H groups in total. The van der Waals surface area contributed by atoms with Gasteiger partial charge in [-0.2, -0.15) is 6.07 Å². The van der Waals surface area contributed by atoms with E-state index in [4.69, 9.17) is 17.0 Å². The molecule has 108 valence electrons. The van der Waals surface area contributed by atoms with Crippen LogP contribution in [-0.2, 0) is 27.3 Å². The first-order valence-electron chi connectivity index (χ1n) is 6.91. The van der Waals surface area contributed by atoms with Crippen molar-refractivity contribution in [2.24, 2.45) is 0 Å². The van der Waals surface area contributed by atoms with E-state index in [1.165, 1.54) is 33.0 Å². The summed E-state index contributed by atoms with van der Waals surface area (Å²) < 4.78 is 0. The molecule has 0 aliphatic rings. The van der Waals surface area contributed by atoms with Crippen molar-refractivity contribution in [2.75, 3.05) is 0 Å². The molecule has 3 heteroatoms. The molecule has 0 spiro atoms. The van der Waals surface area contributed by atoms with Crippen LogP contribution in [0.4, 0.5) is 0 Å². The maximum atomic E-state index is 4.93. The third-order valence-electron chi connectivity index (χ3n) is 3.66. The van der Waals surface area contributed by atoms with Gasteiger partial charge in [0.15, 0.2) is 0 Å². The summed E-state index contributed by atoms with van der Waals surface area (Å²) in [7, 11) is 9.87. The number of halogens is 2. The molecule has 21 heavy (non-hydrogen) atoms. The molecule has 0 saturated carbocycles. The van der Waals surface area contributed by atoms with Gasteiger partial charge in [0, 0.05) is 0 Å². The Labute approximate surface area is 145 Å². The molecule has 0 amide bonds. The molecule has 3 rings (SSSR count). The molecule has 0 aliphatic carbocycles. The quantitative estimate of drug-likeness (QED) is 0.436. The van der Waals surface area contributed by atoms with Crippen LogP contribution in [0.1, 0.15) is 18.1 Å². The Kier molecular flexibility index (Phi) is 6.61. The molecular formula is C18H17Cl2Zr-. The third-order valence-corrected chi connectivity index (χ3v) is 3.66. The molecule has 0 aromatic heterocycles. The van der Waals surface area contributed by atoms with Crippen molar-refractivity contribution in [1.82, 2.24) is 0 Å². The van der Waals surface area contributed by atoms with E-state index >= 15 is 0 Å². The van der Waals surface area contributed by atoms with Gasteiger partial charge in [-0.1, -0.05) is 55.8 Å². The number of fused-ring (bicyclic) bond motifs is 1. The number of aryl methyl sites for hydroxylation is 2. The Bertz CT molecular complexity index is 702. The summed E-state index contributed by atoms with van der Waals surface area (Å²) >= 11 is -0.826. The summed E-state index contributed by atoms with van der Waals surface area (Å²) in [5, 5.41) is 2.78. The Morgan fingerprint density at radius 2 is 1.71 bits per heavy atom. The second-order valence-corrected chi connectivity index (χ2v) is 8.64. The van der Waals surface area contributed by atoms with E-state index < -0.39 is 20.8 Å². The molecule has 0 unspecified atom stereocenters. The standard InChI is InChI=1S/C18H17.2ClH.Zr/c1-3-14-11-17-13(2)9-10-16(18(17)12-14)15-7-5-4-6-8-15;;;/h4-12H,3H2,1-2H3;2*1H;/q-1;;;+2/p-2. The maximum absolute atomic E-state index is 4.93. The zero-order valence-corrected chi connectivity index (χ0v) is 16.1. The van der Waals surface area contributed by atoms with Crippen LogP contribution in [0.3, 0.4) is 0 Å². The molecule has 0 heterocycles. The fourth-order valence-corrected chi connectivity index (χ4v) is 2.58. The van der Waals surface area contributed by atoms with Crippen LogP contribution in [0.2, 0.25) is 0 Å². The third kappa shape index (κ3) is 4.03. The second kappa shape index (κ2) is 8.23. The number of hydrogen-bond acceptors (Lipinski definition) is 0. The van der Waals surface area contributed by atoms with Gasteiger partial charge in [0.05, 0.1) is 0 Å². The second-order valence-electron chi connectivity index (χ2n) is 4.91. The van der Waals surface area contributed by atoms with Gasteiger partial charge in [0.25, 0.3) is 0 Å². The first kappa shape index (κ1) is 16.9. The van der Waals surface area contributed by atoms with E-state index in [1.807, 2.05) is 0 Å². The van der Waals surface area contributed by atoms with Crippen LogP contribution >= 0.6 is 17.0 Å². The number of hydrogen-bond donors (Lipinski definition) is 0. The van der Waals surface area contributed by atoms with Crippen LogP contribution < -0.4 is 0 Å². The Morgan fingerprint density at radius 3 is 2.33 bits per heavy atom. The van der Waals surface area contributed by atoms with Gasteiger partial charge in [-0.15, -0.1) is 34.0 Å². The van der Waals surface area contributed by atoms with Crippen LogP contribution in [0.5, 0.6) is 0 Å². The van der Waals surface area contributed by atoms with Gasteiger partial charge in [0.1, 0.15) is 0 Å². The van der Waals surface area contributed by atoms with Crippen molar-refractivity contribution < 1.29 is 20.8 Å². The van der Waals surface area contributed by atoms with Gasteiger partial charge >= 0.3 is 37.9 Å². The van der Waals surface area contributed by atoms with E-state index in [1.54, 1.807) is 0 Å².